The van der Waals surface area contributed by atoms with Crippen LogP contribution in [0.5, 0.6) is 28.7 Å². The first kappa shape index (κ1) is 79.9. The highest BCUT2D eigenvalue weighted by Crippen LogP contribution is 2.45. The maximum Gasteiger partial charge on any atom is 0.416 e. The second-order valence-electron chi connectivity index (χ2n) is 27.3. The number of esters is 1. The molecule has 3 saturated heterocycles. The standard InChI is InChI=1S/C75H87N7O26/c1-39(2)47(29-46(83)18-23-102-24-19-76-62(86)17-20-78-63(87)15-16-64(78)88)69(92)77-42(5)55(84)28-43-9-11-44(12-10-43)36-107-75(97)81-51-33-61(59(101-7)32-50(51)71(94)80-35-41(4)26-54(80)72(81)95)104-22-8-21-103-60-30-48-49(31-58(60)100-6)70(93)79-34-40(3)25-53(79)66(89)65(48)73(96)105-37-45-13-14-57(52(27-45)82(98)99)108-74-68(91)67(90)56(85)38-106-74/h9-16,27,30-33,39,42,47,53-54,56,65-68,72,74,85,89-91,95H,3-4,8,17-26,28-29,34-38H2,1-2,5-7H3,(H,76,86)(H,77,92)/t42-,47-,53-,54-,56+,65?,66?,67-,68+,72?,74-/m0/s1. The van der Waals surface area contributed by atoms with Crippen LogP contribution in [0.2, 0.25) is 0 Å². The summed E-state index contributed by atoms with van der Waals surface area (Å²) >= 11 is 0. The summed E-state index contributed by atoms with van der Waals surface area (Å²) in [6.07, 6.45) is -8.22. The molecule has 0 bridgehead atoms. The Kier molecular flexibility index (Phi) is 26.2. The number of benzene rings is 4. The van der Waals surface area contributed by atoms with Crippen molar-refractivity contribution in [3.63, 3.8) is 0 Å². The zero-order chi connectivity index (χ0) is 77.9. The molecule has 0 aliphatic carbocycles. The molecule has 4 aromatic carbocycles. The molecule has 7 amide bonds. The summed E-state index contributed by atoms with van der Waals surface area (Å²) in [5.74, 6) is -7.12. The van der Waals surface area contributed by atoms with E-state index in [4.69, 9.17) is 42.6 Å². The number of ketones is 2. The minimum Gasteiger partial charge on any atom is -0.493 e. The number of Topliss-reactive ketones (excluding diaryl/α,β-unsaturated/α-hetero) is 2. The van der Waals surface area contributed by atoms with Crippen LogP contribution in [0.25, 0.3) is 0 Å². The fourth-order valence-corrected chi connectivity index (χ4v) is 13.4. The number of fused-ring (bicyclic) bond motifs is 4. The van der Waals surface area contributed by atoms with Gasteiger partial charge in [0.05, 0.1) is 87.7 Å². The Bertz CT molecular complexity index is 4160. The number of ether oxygens (including phenoxy) is 9. The number of nitro groups is 1. The molecular weight excluding hydrogens is 1410 g/mol. The molecule has 6 aliphatic heterocycles. The van der Waals surface area contributed by atoms with Gasteiger partial charge in [0, 0.05) is 94.0 Å². The number of carbonyl (C=O) groups is 10. The van der Waals surface area contributed by atoms with Crippen LogP contribution in [0.4, 0.5) is 16.2 Å². The van der Waals surface area contributed by atoms with Crippen LogP contribution in [0.3, 0.4) is 0 Å². The van der Waals surface area contributed by atoms with E-state index < -0.39 is 132 Å². The number of nitro benzene ring substituents is 1. The number of hydrogen-bond donors (Lipinski definition) is 7. The minimum absolute atomic E-state index is 0.00363. The van der Waals surface area contributed by atoms with Gasteiger partial charge in [-0.05, 0) is 72.2 Å². The van der Waals surface area contributed by atoms with E-state index in [1.165, 1.54) is 60.4 Å². The second-order valence-corrected chi connectivity index (χ2v) is 27.3. The van der Waals surface area contributed by atoms with Crippen molar-refractivity contribution < 1.29 is 121 Å². The van der Waals surface area contributed by atoms with Crippen LogP contribution >= 0.6 is 0 Å². The molecule has 0 saturated carbocycles. The SMILES string of the molecule is C=C1C[C@H]2C(O)C(C(=O)OCc3ccc(O[C@@H]4OC[C@@H](O)[C@H](O)[C@H]4O)c([N+](=O)[O-])c3)c3cc(OCCCOc4cc5c(cc4OC)C(=O)N4CC(=C)C[C@H]4C(O)N5C(=O)OCc4ccc(CC(=O)[C@H](C)NC(=O)[C@@H](CC(=O)CCOCCNC(=O)CCN5C(=O)C=CC5=O)C(C)C)cc4)c(OC)cc3C(=O)N2C1. The van der Waals surface area contributed by atoms with Crippen LogP contribution in [0.15, 0.2) is 103 Å². The molecule has 0 spiro atoms. The molecule has 3 unspecified atom stereocenters. The van der Waals surface area contributed by atoms with Crippen molar-refractivity contribution in [2.24, 2.45) is 11.8 Å². The van der Waals surface area contributed by atoms with Crippen LogP contribution < -0.4 is 39.2 Å². The highest BCUT2D eigenvalue weighted by molar-refractivity contribution is 6.13. The number of hydrogen-bond acceptors (Lipinski definition) is 26. The number of imide groups is 1. The van der Waals surface area contributed by atoms with Gasteiger partial charge in [0.2, 0.25) is 18.1 Å². The molecule has 4 aromatic rings. The fraction of sp³-hybridized carbons (Fsp3) is 0.467. The smallest absolute Gasteiger partial charge is 0.416 e. The third kappa shape index (κ3) is 18.5. The molecule has 578 valence electrons. The quantitative estimate of drug-likeness (QED) is 0.00899. The van der Waals surface area contributed by atoms with E-state index in [1.54, 1.807) is 45.0 Å². The van der Waals surface area contributed by atoms with E-state index in [0.717, 1.165) is 28.0 Å². The van der Waals surface area contributed by atoms with Crippen molar-refractivity contribution in [1.82, 2.24) is 25.3 Å². The number of aliphatic hydroxyl groups excluding tert-OH is 5. The summed E-state index contributed by atoms with van der Waals surface area (Å²) in [6.45, 7) is 12.1. The van der Waals surface area contributed by atoms with Crippen molar-refractivity contribution in [2.75, 3.05) is 78.3 Å². The summed E-state index contributed by atoms with van der Waals surface area (Å²) in [5.41, 5.74) is 1.71. The zero-order valence-electron chi connectivity index (χ0n) is 60.1. The Morgan fingerprint density at radius 1 is 0.694 bits per heavy atom. The summed E-state index contributed by atoms with van der Waals surface area (Å²) in [4.78, 5) is 149. The number of nitrogens with one attached hydrogen (secondary N) is 2. The van der Waals surface area contributed by atoms with Gasteiger partial charge in [0.1, 0.15) is 43.2 Å². The van der Waals surface area contributed by atoms with Crippen molar-refractivity contribution in [1.29, 1.82) is 0 Å². The van der Waals surface area contributed by atoms with Gasteiger partial charge in [0.25, 0.3) is 23.6 Å². The predicted octanol–water partition coefficient (Wildman–Crippen LogP) is 3.18. The number of methoxy groups -OCH3 is 2. The number of nitrogens with zero attached hydrogens (tertiary/aromatic N) is 5. The van der Waals surface area contributed by atoms with Gasteiger partial charge in [-0.2, -0.15) is 0 Å². The second kappa shape index (κ2) is 35.4. The number of amides is 7. The van der Waals surface area contributed by atoms with Crippen molar-refractivity contribution >= 4 is 70.4 Å². The highest BCUT2D eigenvalue weighted by atomic mass is 16.7. The predicted molar refractivity (Wildman–Crippen MR) is 377 cm³/mol. The first-order valence-electron chi connectivity index (χ1n) is 35.1. The molecule has 10 rings (SSSR count). The van der Waals surface area contributed by atoms with Crippen LogP contribution in [0.1, 0.15) is 108 Å². The van der Waals surface area contributed by atoms with Gasteiger partial charge in [-0.1, -0.05) is 68.5 Å². The largest absolute Gasteiger partial charge is 0.493 e. The molecule has 6 aliphatic rings. The first-order valence-corrected chi connectivity index (χ1v) is 35.1. The Morgan fingerprint density at radius 3 is 1.96 bits per heavy atom. The van der Waals surface area contributed by atoms with Crippen molar-refractivity contribution in [3.8, 4) is 28.7 Å². The Labute approximate surface area is 620 Å². The Morgan fingerprint density at radius 2 is 1.31 bits per heavy atom. The first-order chi connectivity index (χ1) is 51.5. The van der Waals surface area contributed by atoms with Gasteiger partial charge in [-0.15, -0.1) is 0 Å². The van der Waals surface area contributed by atoms with E-state index in [0.29, 0.717) is 22.3 Å². The van der Waals surface area contributed by atoms with Crippen molar-refractivity contribution in [3.05, 3.63) is 147 Å². The molecule has 33 nitrogen and oxygen atoms in total. The summed E-state index contributed by atoms with van der Waals surface area (Å²) in [7, 11) is 2.69. The summed E-state index contributed by atoms with van der Waals surface area (Å²) in [6, 6.07) is 12.9. The molecule has 7 N–H and O–H groups in total. The maximum atomic E-state index is 14.4. The number of anilines is 1. The monoisotopic (exact) mass is 1500 g/mol. The van der Waals surface area contributed by atoms with Crippen LogP contribution in [-0.4, -0.2) is 233 Å². The number of carbonyl (C=O) groups excluding carboxylic acids is 10. The Balaban J connectivity index is 0.744. The molecule has 0 aromatic heterocycles. The normalized spacial score (nSPS) is 22.1. The van der Waals surface area contributed by atoms with E-state index in [1.807, 2.05) is 0 Å². The van der Waals surface area contributed by atoms with Gasteiger partial charge < -0.3 is 88.6 Å². The van der Waals surface area contributed by atoms with Gasteiger partial charge >= 0.3 is 17.7 Å². The maximum absolute atomic E-state index is 14.4. The van der Waals surface area contributed by atoms with E-state index in [2.05, 4.69) is 23.8 Å². The zero-order valence-corrected chi connectivity index (χ0v) is 60.1. The highest BCUT2D eigenvalue weighted by Gasteiger charge is 2.50. The van der Waals surface area contributed by atoms with Crippen LogP contribution in [-0.2, 0) is 72.1 Å². The lowest BCUT2D eigenvalue weighted by molar-refractivity contribution is -0.386. The molecule has 3 fully saturated rings. The fourth-order valence-electron chi connectivity index (χ4n) is 13.4. The number of aliphatic hydroxyl groups is 5. The average Bonchev–Trinajstić information content (AvgIpc) is 1.60. The third-order valence-electron chi connectivity index (χ3n) is 19.4. The van der Waals surface area contributed by atoms with Crippen molar-refractivity contribution in [2.45, 2.75) is 140 Å². The topological polar surface area (TPSA) is 435 Å². The van der Waals surface area contributed by atoms with Gasteiger partial charge in [0.15, 0.2) is 40.8 Å². The molecule has 108 heavy (non-hydrogen) atoms. The molecule has 6 heterocycles. The Hall–Kier alpha value is -10.7. The lowest BCUT2D eigenvalue weighted by Gasteiger charge is -2.34. The molecular formula is C75H87N7O26. The summed E-state index contributed by atoms with van der Waals surface area (Å²) in [5, 5.41) is 72.1. The van der Waals surface area contributed by atoms with E-state index in [-0.39, 0.29) is 184 Å². The number of rotatable bonds is 33. The lowest BCUT2D eigenvalue weighted by atomic mass is 9.86. The molecule has 33 heteroatoms. The molecule has 0 radical (unpaired) electrons. The minimum atomic E-state index is -1.76. The summed E-state index contributed by atoms with van der Waals surface area (Å²) < 4.78 is 51.7. The third-order valence-corrected chi connectivity index (χ3v) is 19.4. The average molecular weight is 1500 g/mol. The molecule has 11 atom stereocenters. The van der Waals surface area contributed by atoms with Gasteiger partial charge in [-0.3, -0.25) is 58.2 Å². The van der Waals surface area contributed by atoms with Crippen LogP contribution in [0, 0.1) is 22.0 Å². The lowest BCUT2D eigenvalue weighted by Crippen LogP contribution is -2.54. The van der Waals surface area contributed by atoms with Gasteiger partial charge in [-0.25, -0.2) is 9.69 Å². The van der Waals surface area contributed by atoms with E-state index in [9.17, 15) is 83.6 Å². The van der Waals surface area contributed by atoms with E-state index >= 15 is 0 Å².